The van der Waals surface area contributed by atoms with Gasteiger partial charge in [-0.3, -0.25) is 0 Å². The van der Waals surface area contributed by atoms with Crippen LogP contribution in [0, 0.1) is 11.3 Å². The third kappa shape index (κ3) is 6.87. The topological polar surface area (TPSA) is 71.5 Å². The predicted octanol–water partition coefficient (Wildman–Crippen LogP) is 7.59. The molecule has 1 saturated carbocycles. The summed E-state index contributed by atoms with van der Waals surface area (Å²) >= 11 is 0. The van der Waals surface area contributed by atoms with Gasteiger partial charge >= 0.3 is 6.36 Å². The number of hydrogen-bond acceptors (Lipinski definition) is 6. The Hall–Kier alpha value is -3.51. The van der Waals surface area contributed by atoms with E-state index in [4.69, 9.17) is 14.5 Å². The quantitative estimate of drug-likeness (QED) is 0.315. The lowest BCUT2D eigenvalue weighted by molar-refractivity contribution is -0.274. The van der Waals surface area contributed by atoms with Gasteiger partial charge in [-0.1, -0.05) is 31.1 Å². The van der Waals surface area contributed by atoms with Gasteiger partial charge < -0.3 is 18.9 Å². The Kier molecular flexibility index (Phi) is 8.95. The van der Waals surface area contributed by atoms with Gasteiger partial charge in [0.05, 0.1) is 24.3 Å². The minimum atomic E-state index is -4.81. The third-order valence-corrected chi connectivity index (χ3v) is 6.63. The Labute approximate surface area is 220 Å². The molecule has 0 bridgehead atoms. The standard InChI is InChI=1S/C27H26F3N3O3.C2H6/c28-27(29,30)35-24-6-2-1-5-22(24)25-23(26(36-32-25)19-9-10-19)17-34-21-4-3-14-33(15-13-21)20-11-7-18(16-31)8-12-20;1-2/h1-2,5-8,11-12,19,21H,3-4,9-10,13-15,17H2;1-2H3. The molecule has 1 aliphatic carbocycles. The summed E-state index contributed by atoms with van der Waals surface area (Å²) in [6.45, 7) is 5.91. The number of alkyl halides is 3. The van der Waals surface area contributed by atoms with Crippen LogP contribution in [-0.4, -0.2) is 30.7 Å². The maximum atomic E-state index is 13.0. The van der Waals surface area contributed by atoms with Crippen molar-refractivity contribution in [3.05, 3.63) is 65.4 Å². The second-order valence-electron chi connectivity index (χ2n) is 9.20. The van der Waals surface area contributed by atoms with Gasteiger partial charge in [-0.25, -0.2) is 0 Å². The van der Waals surface area contributed by atoms with Crippen LogP contribution >= 0.6 is 0 Å². The first kappa shape index (κ1) is 27.5. The number of anilines is 1. The van der Waals surface area contributed by atoms with E-state index in [2.05, 4.69) is 20.9 Å². The number of benzene rings is 2. The molecule has 2 heterocycles. The van der Waals surface area contributed by atoms with Gasteiger partial charge in [0.1, 0.15) is 17.2 Å². The summed E-state index contributed by atoms with van der Waals surface area (Å²) in [4.78, 5) is 2.29. The highest BCUT2D eigenvalue weighted by Crippen LogP contribution is 2.45. The number of para-hydroxylation sites is 1. The lowest BCUT2D eigenvalue weighted by Crippen LogP contribution is -2.24. The first-order valence-electron chi connectivity index (χ1n) is 13.1. The van der Waals surface area contributed by atoms with Crippen molar-refractivity contribution in [1.82, 2.24) is 5.16 Å². The number of aromatic nitrogens is 1. The van der Waals surface area contributed by atoms with E-state index in [1.165, 1.54) is 12.1 Å². The lowest BCUT2D eigenvalue weighted by atomic mass is 10.0. The molecule has 2 fully saturated rings. The first-order chi connectivity index (χ1) is 18.4. The highest BCUT2D eigenvalue weighted by Gasteiger charge is 2.36. The number of nitrogens with zero attached hydrogens (tertiary/aromatic N) is 3. The summed E-state index contributed by atoms with van der Waals surface area (Å²) in [5.41, 5.74) is 2.98. The molecule has 0 amide bonds. The molecule has 1 atom stereocenters. The monoisotopic (exact) mass is 527 g/mol. The molecule has 1 aliphatic heterocycles. The summed E-state index contributed by atoms with van der Waals surface area (Å²) in [6, 6.07) is 15.7. The van der Waals surface area contributed by atoms with Gasteiger partial charge in [-0.2, -0.15) is 5.26 Å². The zero-order valence-electron chi connectivity index (χ0n) is 21.6. The number of hydrogen-bond donors (Lipinski definition) is 0. The lowest BCUT2D eigenvalue weighted by Gasteiger charge is -2.23. The third-order valence-electron chi connectivity index (χ3n) is 6.63. The van der Waals surface area contributed by atoms with E-state index in [9.17, 15) is 13.2 Å². The van der Waals surface area contributed by atoms with Crippen LogP contribution in [0.15, 0.2) is 53.1 Å². The van der Waals surface area contributed by atoms with E-state index in [1.807, 2.05) is 38.1 Å². The highest BCUT2D eigenvalue weighted by molar-refractivity contribution is 5.70. The van der Waals surface area contributed by atoms with Crippen LogP contribution < -0.4 is 9.64 Å². The van der Waals surface area contributed by atoms with Crippen molar-refractivity contribution in [2.24, 2.45) is 0 Å². The van der Waals surface area contributed by atoms with Crippen molar-refractivity contribution in [2.75, 3.05) is 18.0 Å². The van der Waals surface area contributed by atoms with Crippen LogP contribution in [0.3, 0.4) is 0 Å². The highest BCUT2D eigenvalue weighted by atomic mass is 19.4. The van der Waals surface area contributed by atoms with Crippen LogP contribution in [0.25, 0.3) is 11.3 Å². The van der Waals surface area contributed by atoms with Crippen LogP contribution in [0.4, 0.5) is 18.9 Å². The number of halogens is 3. The van der Waals surface area contributed by atoms with Gasteiger partial charge in [0.2, 0.25) is 0 Å². The first-order valence-corrected chi connectivity index (χ1v) is 13.1. The molecule has 9 heteroatoms. The Morgan fingerprint density at radius 2 is 1.76 bits per heavy atom. The molecule has 0 radical (unpaired) electrons. The maximum absolute atomic E-state index is 13.0. The number of rotatable bonds is 7. The van der Waals surface area contributed by atoms with Crippen molar-refractivity contribution >= 4 is 5.69 Å². The van der Waals surface area contributed by atoms with Crippen molar-refractivity contribution in [1.29, 1.82) is 5.26 Å². The van der Waals surface area contributed by atoms with Crippen molar-refractivity contribution in [3.63, 3.8) is 0 Å². The molecule has 1 aromatic heterocycles. The molecule has 6 nitrogen and oxygen atoms in total. The molecular formula is C29H32F3N3O3. The Morgan fingerprint density at radius 3 is 2.45 bits per heavy atom. The molecule has 1 unspecified atom stereocenters. The Bertz CT molecular complexity index is 1230. The average molecular weight is 528 g/mol. The Balaban J connectivity index is 0.00000164. The van der Waals surface area contributed by atoms with Gasteiger partial charge in [0.15, 0.2) is 0 Å². The molecular weight excluding hydrogens is 495 g/mol. The van der Waals surface area contributed by atoms with E-state index >= 15 is 0 Å². The summed E-state index contributed by atoms with van der Waals surface area (Å²) in [6.07, 6.45) is -0.246. The molecule has 0 N–H and O–H groups in total. The molecule has 202 valence electrons. The van der Waals surface area contributed by atoms with Gasteiger partial charge in [0, 0.05) is 35.8 Å². The van der Waals surface area contributed by atoms with Crippen molar-refractivity contribution < 1.29 is 27.2 Å². The van der Waals surface area contributed by atoms with Crippen LogP contribution in [0.2, 0.25) is 0 Å². The Morgan fingerprint density at radius 1 is 1.03 bits per heavy atom. The molecule has 2 aromatic carbocycles. The van der Waals surface area contributed by atoms with Gasteiger partial charge in [-0.15, -0.1) is 13.2 Å². The number of nitriles is 1. The summed E-state index contributed by atoms with van der Waals surface area (Å²) in [5.74, 6) is 0.607. The van der Waals surface area contributed by atoms with E-state index < -0.39 is 6.36 Å². The van der Waals surface area contributed by atoms with E-state index in [1.54, 1.807) is 12.1 Å². The minimum Gasteiger partial charge on any atom is -0.405 e. The SMILES string of the molecule is CC.N#Cc1ccc(N2CCCC(OCc3c(-c4ccccc4OC(F)(F)F)noc3C3CC3)CC2)cc1. The van der Waals surface area contributed by atoms with Gasteiger partial charge in [0.25, 0.3) is 0 Å². The minimum absolute atomic E-state index is 0.00449. The normalized spacial score (nSPS) is 17.7. The fourth-order valence-corrected chi connectivity index (χ4v) is 4.65. The molecule has 38 heavy (non-hydrogen) atoms. The zero-order chi connectivity index (χ0) is 27.1. The summed E-state index contributed by atoms with van der Waals surface area (Å²) in [7, 11) is 0. The summed E-state index contributed by atoms with van der Waals surface area (Å²) in [5, 5.41) is 13.2. The van der Waals surface area contributed by atoms with E-state index in [0.29, 0.717) is 22.6 Å². The van der Waals surface area contributed by atoms with Crippen LogP contribution in [0.5, 0.6) is 5.75 Å². The van der Waals surface area contributed by atoms with Crippen molar-refractivity contribution in [3.8, 4) is 23.1 Å². The van der Waals surface area contributed by atoms with Gasteiger partial charge in [-0.05, 0) is 68.5 Å². The predicted molar refractivity (Wildman–Crippen MR) is 138 cm³/mol. The smallest absolute Gasteiger partial charge is 0.405 e. The molecule has 0 spiro atoms. The second kappa shape index (κ2) is 12.4. The van der Waals surface area contributed by atoms with E-state index in [-0.39, 0.29) is 29.9 Å². The largest absolute Gasteiger partial charge is 0.573 e. The fraction of sp³-hybridized carbons (Fsp3) is 0.448. The molecule has 2 aliphatic rings. The average Bonchev–Trinajstić information content (AvgIpc) is 3.72. The molecule has 5 rings (SSSR count). The number of ether oxygens (including phenoxy) is 2. The maximum Gasteiger partial charge on any atom is 0.573 e. The van der Waals surface area contributed by atoms with Crippen LogP contribution in [-0.2, 0) is 11.3 Å². The molecule has 1 saturated heterocycles. The van der Waals surface area contributed by atoms with Crippen LogP contribution in [0.1, 0.15) is 68.8 Å². The fourth-order valence-electron chi connectivity index (χ4n) is 4.65. The summed E-state index contributed by atoms with van der Waals surface area (Å²) < 4.78 is 55.2. The zero-order valence-corrected chi connectivity index (χ0v) is 21.6. The van der Waals surface area contributed by atoms with E-state index in [0.717, 1.165) is 50.9 Å². The van der Waals surface area contributed by atoms with Crippen molar-refractivity contribution in [2.45, 2.75) is 70.9 Å². The molecule has 3 aromatic rings. The second-order valence-corrected chi connectivity index (χ2v) is 9.20.